The predicted octanol–water partition coefficient (Wildman–Crippen LogP) is 0.127. The number of esters is 1. The monoisotopic (exact) mass is 223 g/mol. The molecule has 0 bridgehead atoms. The molecule has 0 amide bonds. The Labute approximate surface area is 92.5 Å². The highest BCUT2D eigenvalue weighted by Crippen LogP contribution is 2.06. The van der Waals surface area contributed by atoms with E-state index in [4.69, 9.17) is 5.73 Å². The molecule has 1 aromatic rings. The molecular weight excluding hydrogens is 214 g/mol. The van der Waals surface area contributed by atoms with Gasteiger partial charge in [-0.05, 0) is 5.92 Å². The second-order valence-corrected chi connectivity index (χ2v) is 2.76. The van der Waals surface area contributed by atoms with Crippen molar-refractivity contribution in [2.24, 2.45) is 0 Å². The number of ether oxygens (including phenoxy) is 1. The van der Waals surface area contributed by atoms with Crippen molar-refractivity contribution in [3.8, 4) is 11.8 Å². The van der Waals surface area contributed by atoms with Crippen LogP contribution in [0.15, 0.2) is 6.20 Å². The minimum absolute atomic E-state index is 0.0246. The number of nitrogens with zero attached hydrogens (tertiary/aromatic N) is 2. The number of thiol groups is 1. The van der Waals surface area contributed by atoms with E-state index in [9.17, 15) is 4.79 Å². The first-order chi connectivity index (χ1) is 7.19. The lowest BCUT2D eigenvalue weighted by Gasteiger charge is -2.01. The van der Waals surface area contributed by atoms with Crippen molar-refractivity contribution in [3.63, 3.8) is 0 Å². The fraction of sp³-hybridized carbons (Fsp3) is 0.222. The Balaban J connectivity index is 3.10. The van der Waals surface area contributed by atoms with Gasteiger partial charge in [0.2, 0.25) is 0 Å². The summed E-state index contributed by atoms with van der Waals surface area (Å²) in [6.07, 6.45) is 1.39. The maximum atomic E-state index is 11.2. The fourth-order valence-electron chi connectivity index (χ4n) is 0.836. The zero-order valence-corrected chi connectivity index (χ0v) is 8.91. The summed E-state index contributed by atoms with van der Waals surface area (Å²) in [6, 6.07) is 0. The average molecular weight is 223 g/mol. The molecule has 1 aromatic heterocycles. The van der Waals surface area contributed by atoms with Gasteiger partial charge in [0.15, 0.2) is 11.5 Å². The van der Waals surface area contributed by atoms with Crippen LogP contribution in [0.25, 0.3) is 0 Å². The molecule has 0 aliphatic carbocycles. The number of carbonyl (C=O) groups excluding carboxylic acids is 1. The third kappa shape index (κ3) is 2.86. The molecular formula is C9H9N3O2S. The number of nitrogens with two attached hydrogens (primary N) is 1. The fourth-order valence-corrected chi connectivity index (χ4v) is 0.915. The van der Waals surface area contributed by atoms with Gasteiger partial charge in [-0.1, -0.05) is 5.92 Å². The van der Waals surface area contributed by atoms with Crippen molar-refractivity contribution >= 4 is 24.4 Å². The highest BCUT2D eigenvalue weighted by molar-refractivity contribution is 7.80. The lowest BCUT2D eigenvalue weighted by Crippen LogP contribution is -2.10. The molecule has 2 N–H and O–H groups in total. The van der Waals surface area contributed by atoms with Crippen molar-refractivity contribution in [2.75, 3.05) is 18.6 Å². The highest BCUT2D eigenvalue weighted by Gasteiger charge is 2.13. The zero-order valence-electron chi connectivity index (χ0n) is 8.02. The van der Waals surface area contributed by atoms with E-state index >= 15 is 0 Å². The second kappa shape index (κ2) is 5.22. The molecule has 0 saturated carbocycles. The van der Waals surface area contributed by atoms with Gasteiger partial charge in [-0.2, -0.15) is 12.6 Å². The number of anilines is 1. The molecule has 1 heterocycles. The van der Waals surface area contributed by atoms with Gasteiger partial charge in [0, 0.05) is 0 Å². The number of rotatable bonds is 1. The quantitative estimate of drug-likeness (QED) is 0.402. The topological polar surface area (TPSA) is 78.1 Å². The van der Waals surface area contributed by atoms with Crippen molar-refractivity contribution < 1.29 is 9.53 Å². The van der Waals surface area contributed by atoms with Crippen molar-refractivity contribution in [1.82, 2.24) is 9.97 Å². The van der Waals surface area contributed by atoms with Crippen LogP contribution >= 0.6 is 12.6 Å². The van der Waals surface area contributed by atoms with Gasteiger partial charge >= 0.3 is 5.97 Å². The van der Waals surface area contributed by atoms with Gasteiger partial charge in [0.25, 0.3) is 0 Å². The van der Waals surface area contributed by atoms with Crippen LogP contribution < -0.4 is 5.73 Å². The molecule has 15 heavy (non-hydrogen) atoms. The van der Waals surface area contributed by atoms with Crippen molar-refractivity contribution in [2.45, 2.75) is 0 Å². The molecule has 0 aliphatic heterocycles. The second-order valence-electron chi connectivity index (χ2n) is 2.44. The average Bonchev–Trinajstić information content (AvgIpc) is 2.27. The van der Waals surface area contributed by atoms with Crippen LogP contribution in [-0.2, 0) is 4.74 Å². The maximum absolute atomic E-state index is 11.2. The minimum Gasteiger partial charge on any atom is -0.464 e. The van der Waals surface area contributed by atoms with Gasteiger partial charge in [0.1, 0.15) is 5.69 Å². The van der Waals surface area contributed by atoms with E-state index in [1.165, 1.54) is 13.3 Å². The number of methoxy groups -OCH3 is 1. The van der Waals surface area contributed by atoms with Gasteiger partial charge < -0.3 is 10.5 Å². The molecule has 0 unspecified atom stereocenters. The summed E-state index contributed by atoms with van der Waals surface area (Å²) < 4.78 is 4.49. The molecule has 0 saturated heterocycles. The van der Waals surface area contributed by atoms with Crippen LogP contribution in [-0.4, -0.2) is 28.8 Å². The Kier molecular flexibility index (Phi) is 3.94. The molecule has 78 valence electrons. The van der Waals surface area contributed by atoms with Crippen LogP contribution in [0.5, 0.6) is 0 Å². The SMILES string of the molecule is COC(=O)c1nc(C#CCS)cnc1N. The van der Waals surface area contributed by atoms with Crippen LogP contribution in [0, 0.1) is 11.8 Å². The molecule has 0 radical (unpaired) electrons. The Morgan fingerprint density at radius 3 is 3.07 bits per heavy atom. The molecule has 0 spiro atoms. The first kappa shape index (κ1) is 11.3. The van der Waals surface area contributed by atoms with E-state index in [0.717, 1.165) is 0 Å². The van der Waals surface area contributed by atoms with Crippen molar-refractivity contribution in [3.05, 3.63) is 17.6 Å². The summed E-state index contributed by atoms with van der Waals surface area (Å²) in [5, 5.41) is 0. The lowest BCUT2D eigenvalue weighted by molar-refractivity contribution is 0.0595. The number of carbonyl (C=O) groups is 1. The van der Waals surface area contributed by atoms with Gasteiger partial charge in [-0.15, -0.1) is 0 Å². The number of nitrogen functional groups attached to an aromatic ring is 1. The molecule has 0 atom stereocenters. The zero-order chi connectivity index (χ0) is 11.3. The van der Waals surface area contributed by atoms with Crippen LogP contribution in [0.3, 0.4) is 0 Å². The maximum Gasteiger partial charge on any atom is 0.360 e. The molecule has 6 heteroatoms. The smallest absolute Gasteiger partial charge is 0.360 e. The van der Waals surface area contributed by atoms with Crippen LogP contribution in [0.2, 0.25) is 0 Å². The Bertz CT molecular complexity index is 437. The number of hydrogen-bond acceptors (Lipinski definition) is 6. The van der Waals surface area contributed by atoms with Gasteiger partial charge in [-0.25, -0.2) is 14.8 Å². The first-order valence-electron chi connectivity index (χ1n) is 3.99. The minimum atomic E-state index is -0.630. The van der Waals surface area contributed by atoms with E-state index < -0.39 is 5.97 Å². The Hall–Kier alpha value is -1.74. The molecule has 0 aliphatic rings. The molecule has 1 rings (SSSR count). The van der Waals surface area contributed by atoms with E-state index in [1.54, 1.807) is 0 Å². The molecule has 0 fully saturated rings. The highest BCUT2D eigenvalue weighted by atomic mass is 32.1. The standard InChI is InChI=1S/C9H9N3O2S/c1-14-9(13)7-8(10)11-5-6(12-7)3-2-4-15/h5,15H,4H2,1H3,(H2,10,11). The molecule has 0 aromatic carbocycles. The Morgan fingerprint density at radius 2 is 2.47 bits per heavy atom. The van der Waals surface area contributed by atoms with E-state index in [-0.39, 0.29) is 11.5 Å². The Morgan fingerprint density at radius 1 is 1.73 bits per heavy atom. The van der Waals surface area contributed by atoms with Gasteiger partial charge in [-0.3, -0.25) is 0 Å². The summed E-state index contributed by atoms with van der Waals surface area (Å²) in [4.78, 5) is 18.9. The van der Waals surface area contributed by atoms with E-state index in [2.05, 4.69) is 39.2 Å². The van der Waals surface area contributed by atoms with Crippen LogP contribution in [0.4, 0.5) is 5.82 Å². The summed E-state index contributed by atoms with van der Waals surface area (Å²) in [5.74, 6) is 5.16. The van der Waals surface area contributed by atoms with E-state index in [1.807, 2.05) is 0 Å². The predicted molar refractivity (Wildman–Crippen MR) is 58.5 cm³/mol. The van der Waals surface area contributed by atoms with Gasteiger partial charge in [0.05, 0.1) is 19.1 Å². The summed E-state index contributed by atoms with van der Waals surface area (Å²) in [6.45, 7) is 0. The largest absolute Gasteiger partial charge is 0.464 e. The van der Waals surface area contributed by atoms with Crippen LogP contribution in [0.1, 0.15) is 16.2 Å². The summed E-state index contributed by atoms with van der Waals surface area (Å²) in [5.41, 5.74) is 5.79. The van der Waals surface area contributed by atoms with E-state index in [0.29, 0.717) is 11.4 Å². The van der Waals surface area contributed by atoms with Crippen molar-refractivity contribution in [1.29, 1.82) is 0 Å². The number of hydrogen-bond donors (Lipinski definition) is 2. The third-order valence-corrected chi connectivity index (χ3v) is 1.63. The normalized spacial score (nSPS) is 8.93. The summed E-state index contributed by atoms with van der Waals surface area (Å²) >= 11 is 3.92. The third-order valence-electron chi connectivity index (χ3n) is 1.48. The number of aromatic nitrogens is 2. The summed E-state index contributed by atoms with van der Waals surface area (Å²) in [7, 11) is 1.25. The lowest BCUT2D eigenvalue weighted by atomic mass is 10.3. The first-order valence-corrected chi connectivity index (χ1v) is 4.63. The molecule has 5 nitrogen and oxygen atoms in total.